The van der Waals surface area contributed by atoms with Crippen molar-refractivity contribution in [2.24, 2.45) is 0 Å². The van der Waals surface area contributed by atoms with Crippen molar-refractivity contribution < 1.29 is 9.53 Å². The minimum atomic E-state index is -0.253. The smallest absolute Gasteiger partial charge is 0.336 e. The highest BCUT2D eigenvalue weighted by Gasteiger charge is 2.07. The molecule has 0 aromatic heterocycles. The van der Waals surface area contributed by atoms with E-state index in [1.807, 2.05) is 6.08 Å². The van der Waals surface area contributed by atoms with E-state index in [1.54, 1.807) is 6.08 Å². The first-order chi connectivity index (χ1) is 5.83. The lowest BCUT2D eigenvalue weighted by Crippen LogP contribution is -1.89. The molecule has 12 heavy (non-hydrogen) atoms. The van der Waals surface area contributed by atoms with Gasteiger partial charge in [-0.1, -0.05) is 19.8 Å². The van der Waals surface area contributed by atoms with Crippen molar-refractivity contribution in [3.8, 4) is 0 Å². The number of unbranched alkanes of at least 4 members (excludes halogenated alkanes) is 3. The fourth-order valence-electron chi connectivity index (χ4n) is 1.08. The van der Waals surface area contributed by atoms with Crippen LogP contribution in [0.1, 0.15) is 32.6 Å². The van der Waals surface area contributed by atoms with E-state index in [0.29, 0.717) is 5.76 Å². The topological polar surface area (TPSA) is 26.3 Å². The normalized spacial score (nSPS) is 18.8. The van der Waals surface area contributed by atoms with Crippen LogP contribution >= 0.6 is 0 Å². The number of hydrogen-bond donors (Lipinski definition) is 0. The predicted octanol–water partition coefficient (Wildman–Crippen LogP) is 2.56. The highest BCUT2D eigenvalue weighted by molar-refractivity contribution is 5.86. The Labute approximate surface area is 72.9 Å². The molecule has 0 atom stereocenters. The van der Waals surface area contributed by atoms with E-state index in [9.17, 15) is 4.79 Å². The lowest BCUT2D eigenvalue weighted by Gasteiger charge is -1.95. The Balaban J connectivity index is 2.20. The molecule has 0 fully saturated rings. The highest BCUT2D eigenvalue weighted by Crippen LogP contribution is 2.11. The van der Waals surface area contributed by atoms with Crippen LogP contribution in [-0.2, 0) is 9.53 Å². The van der Waals surface area contributed by atoms with Crippen molar-refractivity contribution in [2.75, 3.05) is 0 Å². The van der Waals surface area contributed by atoms with Crippen LogP contribution in [-0.4, -0.2) is 5.97 Å². The molecule has 0 aromatic rings. The molecule has 1 rings (SSSR count). The molecule has 0 amide bonds. The lowest BCUT2D eigenvalue weighted by atomic mass is 10.2. The van der Waals surface area contributed by atoms with Gasteiger partial charge in [0.05, 0.1) is 0 Å². The van der Waals surface area contributed by atoms with Gasteiger partial charge in [0, 0.05) is 6.08 Å². The zero-order valence-electron chi connectivity index (χ0n) is 7.38. The number of rotatable bonds is 4. The predicted molar refractivity (Wildman–Crippen MR) is 47.5 cm³/mol. The van der Waals surface area contributed by atoms with Crippen molar-refractivity contribution in [3.63, 3.8) is 0 Å². The lowest BCUT2D eigenvalue weighted by molar-refractivity contribution is -0.132. The van der Waals surface area contributed by atoms with Crippen molar-refractivity contribution >= 4 is 5.97 Å². The average molecular weight is 166 g/mol. The summed E-state index contributed by atoms with van der Waals surface area (Å²) in [6, 6.07) is 0. The zero-order chi connectivity index (χ0) is 8.81. The summed E-state index contributed by atoms with van der Waals surface area (Å²) in [5, 5.41) is 0. The monoisotopic (exact) mass is 166 g/mol. The first-order valence-electron chi connectivity index (χ1n) is 4.43. The molecule has 0 aromatic carbocycles. The van der Waals surface area contributed by atoms with Crippen molar-refractivity contribution in [1.82, 2.24) is 0 Å². The van der Waals surface area contributed by atoms with E-state index in [0.717, 1.165) is 6.42 Å². The third-order valence-corrected chi connectivity index (χ3v) is 1.76. The van der Waals surface area contributed by atoms with Crippen molar-refractivity contribution in [3.05, 3.63) is 24.0 Å². The largest absolute Gasteiger partial charge is 0.424 e. The molecule has 0 bridgehead atoms. The summed E-state index contributed by atoms with van der Waals surface area (Å²) in [5.74, 6) is 0.452. The first-order valence-corrected chi connectivity index (χ1v) is 4.43. The highest BCUT2D eigenvalue weighted by atomic mass is 16.5. The van der Waals surface area contributed by atoms with Gasteiger partial charge in [0.25, 0.3) is 0 Å². The van der Waals surface area contributed by atoms with Crippen molar-refractivity contribution in [2.45, 2.75) is 32.6 Å². The Morgan fingerprint density at radius 2 is 2.25 bits per heavy atom. The number of carbonyl (C=O) groups excluding carboxylic acids is 1. The van der Waals surface area contributed by atoms with Gasteiger partial charge in [-0.2, -0.15) is 0 Å². The summed E-state index contributed by atoms with van der Waals surface area (Å²) in [6.07, 6.45) is 9.77. The molecular weight excluding hydrogens is 152 g/mol. The number of cyclic esters (lactones) is 1. The van der Waals surface area contributed by atoms with Gasteiger partial charge >= 0.3 is 5.97 Å². The Hall–Kier alpha value is -1.05. The third-order valence-electron chi connectivity index (χ3n) is 1.76. The Bertz CT molecular complexity index is 214. The standard InChI is InChI=1S/C10H14O2/c1-2-3-4-5-6-9-7-8-10(11)12-9/h6-8H,2-5H2,1H3/b9-6-. The summed E-state index contributed by atoms with van der Waals surface area (Å²) < 4.78 is 4.85. The van der Waals surface area contributed by atoms with Crippen LogP contribution < -0.4 is 0 Å². The Morgan fingerprint density at radius 3 is 2.83 bits per heavy atom. The summed E-state index contributed by atoms with van der Waals surface area (Å²) in [7, 11) is 0. The SMILES string of the molecule is CCCCC/C=C1/C=CC(=O)O1. The fraction of sp³-hybridized carbons (Fsp3) is 0.500. The van der Waals surface area contributed by atoms with Gasteiger partial charge < -0.3 is 4.74 Å². The van der Waals surface area contributed by atoms with Gasteiger partial charge in [0.2, 0.25) is 0 Å². The van der Waals surface area contributed by atoms with E-state index in [1.165, 1.54) is 25.3 Å². The number of hydrogen-bond acceptors (Lipinski definition) is 2. The molecule has 0 aliphatic carbocycles. The summed E-state index contributed by atoms with van der Waals surface area (Å²) >= 11 is 0. The fourth-order valence-corrected chi connectivity index (χ4v) is 1.08. The van der Waals surface area contributed by atoms with Crippen LogP contribution in [0.25, 0.3) is 0 Å². The summed E-state index contributed by atoms with van der Waals surface area (Å²) in [5.41, 5.74) is 0. The average Bonchev–Trinajstić information content (AvgIpc) is 2.45. The van der Waals surface area contributed by atoms with Crippen LogP contribution in [0.15, 0.2) is 24.0 Å². The molecule has 0 saturated heterocycles. The Kier molecular flexibility index (Phi) is 3.58. The molecular formula is C10H14O2. The van der Waals surface area contributed by atoms with Gasteiger partial charge in [-0.15, -0.1) is 0 Å². The molecule has 1 heterocycles. The second-order valence-electron chi connectivity index (χ2n) is 2.86. The van der Waals surface area contributed by atoms with Gasteiger partial charge in [0.15, 0.2) is 0 Å². The van der Waals surface area contributed by atoms with Crippen LogP contribution in [0, 0.1) is 0 Å². The summed E-state index contributed by atoms with van der Waals surface area (Å²) in [6.45, 7) is 2.17. The van der Waals surface area contributed by atoms with Crippen LogP contribution in [0.3, 0.4) is 0 Å². The minimum absolute atomic E-state index is 0.253. The molecule has 1 aliphatic rings. The van der Waals surface area contributed by atoms with E-state index in [2.05, 4.69) is 6.92 Å². The third kappa shape index (κ3) is 2.91. The number of ether oxygens (including phenoxy) is 1. The van der Waals surface area contributed by atoms with Gasteiger partial charge in [0.1, 0.15) is 5.76 Å². The van der Waals surface area contributed by atoms with E-state index in [-0.39, 0.29) is 5.97 Å². The van der Waals surface area contributed by atoms with Crippen LogP contribution in [0.5, 0.6) is 0 Å². The molecule has 0 N–H and O–H groups in total. The Morgan fingerprint density at radius 1 is 1.42 bits per heavy atom. The molecule has 0 radical (unpaired) electrons. The number of carbonyl (C=O) groups is 1. The zero-order valence-corrected chi connectivity index (χ0v) is 7.38. The maximum Gasteiger partial charge on any atom is 0.336 e. The van der Waals surface area contributed by atoms with Crippen molar-refractivity contribution in [1.29, 1.82) is 0 Å². The molecule has 66 valence electrons. The maximum absolute atomic E-state index is 10.6. The molecule has 2 nitrogen and oxygen atoms in total. The number of allylic oxidation sites excluding steroid dienone is 2. The second kappa shape index (κ2) is 4.75. The van der Waals surface area contributed by atoms with Gasteiger partial charge in [-0.05, 0) is 25.0 Å². The molecule has 0 spiro atoms. The second-order valence-corrected chi connectivity index (χ2v) is 2.86. The van der Waals surface area contributed by atoms with E-state index in [4.69, 9.17) is 4.74 Å². The molecule has 2 heteroatoms. The van der Waals surface area contributed by atoms with E-state index < -0.39 is 0 Å². The number of esters is 1. The minimum Gasteiger partial charge on any atom is -0.424 e. The van der Waals surface area contributed by atoms with Crippen LogP contribution in [0.4, 0.5) is 0 Å². The molecule has 0 unspecified atom stereocenters. The van der Waals surface area contributed by atoms with Crippen LogP contribution in [0.2, 0.25) is 0 Å². The molecule has 0 saturated carbocycles. The molecule has 1 aliphatic heterocycles. The summed E-state index contributed by atoms with van der Waals surface area (Å²) in [4.78, 5) is 10.6. The van der Waals surface area contributed by atoms with Gasteiger partial charge in [-0.25, -0.2) is 4.79 Å². The quantitative estimate of drug-likeness (QED) is 0.474. The first kappa shape index (κ1) is 9.04. The maximum atomic E-state index is 10.6. The van der Waals surface area contributed by atoms with E-state index >= 15 is 0 Å². The van der Waals surface area contributed by atoms with Gasteiger partial charge in [-0.3, -0.25) is 0 Å².